The van der Waals surface area contributed by atoms with Crippen LogP contribution in [-0.4, -0.2) is 35.2 Å². The van der Waals surface area contributed by atoms with E-state index < -0.39 is 6.09 Å². The summed E-state index contributed by atoms with van der Waals surface area (Å²) in [5.74, 6) is -0.0508. The first-order valence-electron chi connectivity index (χ1n) is 6.50. The topological polar surface area (TPSA) is 49.9 Å². The molecule has 0 aromatic heterocycles. The first-order chi connectivity index (χ1) is 9.18. The molecule has 1 aromatic rings. The Bertz CT molecular complexity index is 503. The third kappa shape index (κ3) is 1.95. The highest BCUT2D eigenvalue weighted by atomic mass is 16.6. The predicted octanol–water partition coefficient (Wildman–Crippen LogP) is 1.96. The zero-order chi connectivity index (χ0) is 13.4. The van der Waals surface area contributed by atoms with Gasteiger partial charge >= 0.3 is 6.09 Å². The van der Waals surface area contributed by atoms with Gasteiger partial charge in [-0.15, -0.1) is 0 Å². The van der Waals surface area contributed by atoms with Gasteiger partial charge in [-0.3, -0.25) is 4.79 Å². The van der Waals surface area contributed by atoms with Gasteiger partial charge in [0.2, 0.25) is 5.91 Å². The van der Waals surface area contributed by atoms with E-state index in [9.17, 15) is 9.59 Å². The van der Waals surface area contributed by atoms with Crippen molar-refractivity contribution in [2.75, 3.05) is 13.2 Å². The van der Waals surface area contributed by atoms with Crippen LogP contribution < -0.4 is 0 Å². The van der Waals surface area contributed by atoms with Crippen LogP contribution in [0.3, 0.4) is 0 Å². The summed E-state index contributed by atoms with van der Waals surface area (Å²) < 4.78 is 5.19. The quantitative estimate of drug-likeness (QED) is 0.775. The molecule has 0 unspecified atom stereocenters. The molecule has 0 spiro atoms. The van der Waals surface area contributed by atoms with Crippen LogP contribution in [0.2, 0.25) is 0 Å². The largest absolute Gasteiger partial charge is 0.446 e. The number of fused-ring (bicyclic) bond motifs is 1. The molecule has 2 aliphatic rings. The van der Waals surface area contributed by atoms with Gasteiger partial charge in [-0.2, -0.15) is 0 Å². The average Bonchev–Trinajstić information content (AvgIpc) is 2.44. The second kappa shape index (κ2) is 4.57. The third-order valence-electron chi connectivity index (χ3n) is 3.74. The van der Waals surface area contributed by atoms with E-state index in [1.807, 2.05) is 37.3 Å². The summed E-state index contributed by atoms with van der Waals surface area (Å²) >= 11 is 0. The van der Waals surface area contributed by atoms with E-state index in [4.69, 9.17) is 4.74 Å². The van der Waals surface area contributed by atoms with Gasteiger partial charge in [0.05, 0.1) is 0 Å². The minimum Gasteiger partial charge on any atom is -0.446 e. The second-order valence-corrected chi connectivity index (χ2v) is 5.00. The van der Waals surface area contributed by atoms with Crippen molar-refractivity contribution >= 4 is 12.0 Å². The molecule has 3 rings (SSSR count). The van der Waals surface area contributed by atoms with Crippen LogP contribution in [0.15, 0.2) is 30.3 Å². The van der Waals surface area contributed by atoms with Crippen LogP contribution in [0.25, 0.3) is 0 Å². The Kier molecular flexibility index (Phi) is 2.89. The van der Waals surface area contributed by atoms with Crippen LogP contribution in [0.5, 0.6) is 0 Å². The fraction of sp³-hybridized carbons (Fsp3) is 0.429. The van der Waals surface area contributed by atoms with Crippen molar-refractivity contribution in [3.8, 4) is 0 Å². The third-order valence-corrected chi connectivity index (χ3v) is 3.74. The van der Waals surface area contributed by atoms with Crippen LogP contribution in [0.4, 0.5) is 4.79 Å². The number of hydrogen-bond donors (Lipinski definition) is 0. The fourth-order valence-corrected chi connectivity index (χ4v) is 2.60. The molecule has 100 valence electrons. The molecule has 2 amide bonds. The van der Waals surface area contributed by atoms with Gasteiger partial charge < -0.3 is 4.74 Å². The fourth-order valence-electron chi connectivity index (χ4n) is 2.60. The monoisotopic (exact) mass is 260 g/mol. The number of carbonyl (C=O) groups excluding carboxylic acids is 2. The molecule has 2 aliphatic heterocycles. The average molecular weight is 260 g/mol. The lowest BCUT2D eigenvalue weighted by Gasteiger charge is -2.47. The number of benzene rings is 1. The highest BCUT2D eigenvalue weighted by molar-refractivity contribution is 5.83. The van der Waals surface area contributed by atoms with E-state index in [-0.39, 0.29) is 24.5 Å². The number of ether oxygens (including phenoxy) is 1. The van der Waals surface area contributed by atoms with Gasteiger partial charge in [0.15, 0.2) is 0 Å². The van der Waals surface area contributed by atoms with Gasteiger partial charge in [0.1, 0.15) is 12.6 Å². The van der Waals surface area contributed by atoms with Crippen molar-refractivity contribution in [3.63, 3.8) is 0 Å². The van der Waals surface area contributed by atoms with Gasteiger partial charge in [0, 0.05) is 12.5 Å². The zero-order valence-electron chi connectivity index (χ0n) is 10.8. The SMILES string of the molecule is C[C@H]1CCN2C(=O)OC[C@@H](c3ccccc3)N2C1=O. The maximum atomic E-state index is 12.4. The van der Waals surface area contributed by atoms with Crippen LogP contribution >= 0.6 is 0 Å². The molecule has 19 heavy (non-hydrogen) atoms. The number of hydrogen-bond acceptors (Lipinski definition) is 3. The molecular formula is C14H16N2O3. The Morgan fingerprint density at radius 1 is 1.21 bits per heavy atom. The Labute approximate surface area is 111 Å². The van der Waals surface area contributed by atoms with Gasteiger partial charge in [-0.05, 0) is 12.0 Å². The number of rotatable bonds is 1. The lowest BCUT2D eigenvalue weighted by Crippen LogP contribution is -2.61. The van der Waals surface area contributed by atoms with Crippen LogP contribution in [-0.2, 0) is 9.53 Å². The smallest absolute Gasteiger partial charge is 0.428 e. The van der Waals surface area contributed by atoms with Crippen molar-refractivity contribution in [3.05, 3.63) is 35.9 Å². The molecule has 0 N–H and O–H groups in total. The zero-order valence-corrected chi connectivity index (χ0v) is 10.8. The molecule has 1 aromatic carbocycles. The standard InChI is InChI=1S/C14H16N2O3/c1-10-7-8-15-14(18)19-9-12(16(15)13(10)17)11-5-3-2-4-6-11/h2-6,10,12H,7-9H2,1H3/t10-,12-/m0/s1. The Morgan fingerprint density at radius 2 is 1.95 bits per heavy atom. The second-order valence-electron chi connectivity index (χ2n) is 5.00. The minimum absolute atomic E-state index is 0.00301. The lowest BCUT2D eigenvalue weighted by molar-refractivity contribution is -0.176. The molecule has 2 heterocycles. The molecule has 0 aliphatic carbocycles. The molecule has 2 fully saturated rings. The molecule has 5 nitrogen and oxygen atoms in total. The number of nitrogens with zero attached hydrogens (tertiary/aromatic N) is 2. The van der Waals surface area contributed by atoms with Crippen molar-refractivity contribution in [2.24, 2.45) is 5.92 Å². The van der Waals surface area contributed by atoms with E-state index in [0.717, 1.165) is 5.56 Å². The van der Waals surface area contributed by atoms with E-state index in [0.29, 0.717) is 13.0 Å². The predicted molar refractivity (Wildman–Crippen MR) is 67.9 cm³/mol. The summed E-state index contributed by atoms with van der Waals surface area (Å²) in [5, 5.41) is 3.01. The normalized spacial score (nSPS) is 27.0. The van der Waals surface area contributed by atoms with E-state index in [2.05, 4.69) is 0 Å². The Hall–Kier alpha value is -2.04. The molecule has 0 saturated carbocycles. The first kappa shape index (κ1) is 12.0. The van der Waals surface area contributed by atoms with E-state index >= 15 is 0 Å². The van der Waals surface area contributed by atoms with Crippen molar-refractivity contribution < 1.29 is 14.3 Å². The van der Waals surface area contributed by atoms with E-state index in [1.165, 1.54) is 5.01 Å². The Balaban J connectivity index is 1.96. The summed E-state index contributed by atoms with van der Waals surface area (Å²) in [7, 11) is 0. The lowest BCUT2D eigenvalue weighted by atomic mass is 10.00. The van der Waals surface area contributed by atoms with Crippen LogP contribution in [0.1, 0.15) is 24.9 Å². The summed E-state index contributed by atoms with van der Waals surface area (Å²) in [5.41, 5.74) is 0.988. The van der Waals surface area contributed by atoms with Gasteiger partial charge in [-0.1, -0.05) is 37.3 Å². The maximum Gasteiger partial charge on any atom is 0.428 e. The summed E-state index contributed by atoms with van der Waals surface area (Å²) in [6, 6.07) is 9.47. The summed E-state index contributed by atoms with van der Waals surface area (Å²) in [6.45, 7) is 2.66. The van der Waals surface area contributed by atoms with E-state index in [1.54, 1.807) is 5.01 Å². The number of amides is 2. The van der Waals surface area contributed by atoms with Crippen LogP contribution in [0, 0.1) is 5.92 Å². The van der Waals surface area contributed by atoms with Crippen molar-refractivity contribution in [2.45, 2.75) is 19.4 Å². The molecule has 0 bridgehead atoms. The van der Waals surface area contributed by atoms with Gasteiger partial charge in [0.25, 0.3) is 0 Å². The molecular weight excluding hydrogens is 244 g/mol. The Morgan fingerprint density at radius 3 is 2.68 bits per heavy atom. The van der Waals surface area contributed by atoms with Gasteiger partial charge in [-0.25, -0.2) is 14.8 Å². The summed E-state index contributed by atoms with van der Waals surface area (Å²) in [4.78, 5) is 24.1. The maximum absolute atomic E-state index is 12.4. The molecule has 5 heteroatoms. The highest BCUT2D eigenvalue weighted by Gasteiger charge is 2.43. The molecule has 2 saturated heterocycles. The summed E-state index contributed by atoms with van der Waals surface area (Å²) in [6.07, 6.45) is 0.263. The minimum atomic E-state index is -0.424. The first-order valence-corrected chi connectivity index (χ1v) is 6.50. The molecule has 2 atom stereocenters. The van der Waals surface area contributed by atoms with Crippen molar-refractivity contribution in [1.82, 2.24) is 10.0 Å². The number of carbonyl (C=O) groups is 2. The molecule has 0 radical (unpaired) electrons. The number of hydrazine groups is 1. The highest BCUT2D eigenvalue weighted by Crippen LogP contribution is 2.32. The van der Waals surface area contributed by atoms with Crippen molar-refractivity contribution in [1.29, 1.82) is 0 Å². The number of cyclic esters (lactones) is 1.